The topological polar surface area (TPSA) is 38.1 Å². The molecule has 0 spiro atoms. The first-order valence-corrected chi connectivity index (χ1v) is 7.37. The van der Waals surface area contributed by atoms with Crippen molar-refractivity contribution in [1.82, 2.24) is 14.5 Å². The Morgan fingerprint density at radius 3 is 3.00 bits per heavy atom. The number of hydrogen-bond donors (Lipinski definition) is 0. The summed E-state index contributed by atoms with van der Waals surface area (Å²) in [5, 5.41) is 1.99. The zero-order chi connectivity index (χ0) is 13.8. The van der Waals surface area contributed by atoms with Crippen LogP contribution in [0.3, 0.4) is 0 Å². The zero-order valence-electron chi connectivity index (χ0n) is 10.7. The molecule has 0 saturated heterocycles. The predicted molar refractivity (Wildman–Crippen MR) is 80.7 cm³/mol. The Labute approximate surface area is 124 Å². The van der Waals surface area contributed by atoms with Crippen LogP contribution in [0.5, 0.6) is 0 Å². The minimum Gasteiger partial charge on any atom is -0.337 e. The van der Waals surface area contributed by atoms with Crippen molar-refractivity contribution in [1.29, 1.82) is 0 Å². The number of rotatable bonds is 4. The van der Waals surface area contributed by atoms with Crippen LogP contribution < -0.4 is 0 Å². The van der Waals surface area contributed by atoms with E-state index >= 15 is 0 Å². The zero-order valence-corrected chi connectivity index (χ0v) is 13.1. The van der Waals surface area contributed by atoms with Gasteiger partial charge in [-0.15, -0.1) is 11.3 Å². The predicted octanol–water partition coefficient (Wildman–Crippen LogP) is 2.92. The molecule has 2 aromatic heterocycles. The van der Waals surface area contributed by atoms with Crippen LogP contribution in [0.15, 0.2) is 33.7 Å². The van der Waals surface area contributed by atoms with Crippen LogP contribution in [0.2, 0.25) is 0 Å². The largest absolute Gasteiger partial charge is 0.337 e. The number of carbonyl (C=O) groups is 1. The van der Waals surface area contributed by atoms with Gasteiger partial charge in [0.05, 0.1) is 10.3 Å². The van der Waals surface area contributed by atoms with Gasteiger partial charge in [-0.2, -0.15) is 0 Å². The van der Waals surface area contributed by atoms with E-state index in [1.165, 1.54) is 0 Å². The molecule has 4 nitrogen and oxygen atoms in total. The van der Waals surface area contributed by atoms with Gasteiger partial charge >= 0.3 is 0 Å². The number of imidazole rings is 1. The van der Waals surface area contributed by atoms with Crippen molar-refractivity contribution in [3.63, 3.8) is 0 Å². The van der Waals surface area contributed by atoms with E-state index in [-0.39, 0.29) is 5.91 Å². The molecular formula is C13H14BrN3OS. The maximum absolute atomic E-state index is 12.0. The molecule has 1 amide bonds. The Kier molecular flexibility index (Phi) is 4.55. The van der Waals surface area contributed by atoms with Crippen molar-refractivity contribution in [2.24, 2.45) is 7.05 Å². The number of nitrogens with zero attached hydrogens (tertiary/aromatic N) is 3. The number of amides is 1. The summed E-state index contributed by atoms with van der Waals surface area (Å²) in [5.74, 6) is 0.827. The van der Waals surface area contributed by atoms with Gasteiger partial charge in [0.15, 0.2) is 0 Å². The molecule has 6 heteroatoms. The molecule has 0 aliphatic carbocycles. The first-order valence-electron chi connectivity index (χ1n) is 5.69. The lowest BCUT2D eigenvalue weighted by molar-refractivity contribution is -0.125. The van der Waals surface area contributed by atoms with E-state index in [4.69, 9.17) is 0 Å². The highest BCUT2D eigenvalue weighted by atomic mass is 79.9. The minimum absolute atomic E-state index is 0.0367. The van der Waals surface area contributed by atoms with Crippen molar-refractivity contribution >= 4 is 39.2 Å². The number of halogens is 1. The van der Waals surface area contributed by atoms with E-state index in [2.05, 4.69) is 20.9 Å². The number of thiophene rings is 1. The van der Waals surface area contributed by atoms with Gasteiger partial charge in [0.1, 0.15) is 5.82 Å². The molecule has 0 aromatic carbocycles. The molecule has 0 atom stereocenters. The Balaban J connectivity index is 1.96. The maximum atomic E-state index is 12.0. The van der Waals surface area contributed by atoms with Gasteiger partial charge in [0.25, 0.3) is 0 Å². The second-order valence-corrected chi connectivity index (χ2v) is 6.46. The summed E-state index contributed by atoms with van der Waals surface area (Å²) in [5.41, 5.74) is 1.02. The Morgan fingerprint density at radius 2 is 2.42 bits per heavy atom. The summed E-state index contributed by atoms with van der Waals surface area (Å²) < 4.78 is 2.96. The fraction of sp³-hybridized carbons (Fsp3) is 0.231. The van der Waals surface area contributed by atoms with Crippen molar-refractivity contribution in [2.75, 3.05) is 7.05 Å². The standard InChI is InChI=1S/C13H14BrN3OS/c1-16-6-5-15-12(16)8-17(2)13(18)4-3-10-7-11(14)19-9-10/h3-7,9H,8H2,1-2H3/b4-3-. The van der Waals surface area contributed by atoms with Gasteiger partial charge in [-0.3, -0.25) is 4.79 Å². The minimum atomic E-state index is -0.0367. The number of likely N-dealkylation sites (N-methyl/N-ethyl adjacent to an activating group) is 1. The smallest absolute Gasteiger partial charge is 0.246 e. The monoisotopic (exact) mass is 339 g/mol. The molecule has 0 aliphatic rings. The first-order chi connectivity index (χ1) is 9.06. The molecule has 0 saturated carbocycles. The summed E-state index contributed by atoms with van der Waals surface area (Å²) in [7, 11) is 3.68. The van der Waals surface area contributed by atoms with E-state index in [0.717, 1.165) is 15.2 Å². The lowest BCUT2D eigenvalue weighted by Gasteiger charge is -2.14. The highest BCUT2D eigenvalue weighted by Crippen LogP contribution is 2.21. The average Bonchev–Trinajstić information content (AvgIpc) is 2.96. The number of hydrogen-bond acceptors (Lipinski definition) is 3. The van der Waals surface area contributed by atoms with Crippen LogP contribution in [-0.2, 0) is 18.4 Å². The summed E-state index contributed by atoms with van der Waals surface area (Å²) in [6, 6.07) is 1.98. The lowest BCUT2D eigenvalue weighted by atomic mass is 10.3. The summed E-state index contributed by atoms with van der Waals surface area (Å²) >= 11 is 4.99. The number of aryl methyl sites for hydroxylation is 1. The summed E-state index contributed by atoms with van der Waals surface area (Å²) in [6.45, 7) is 0.500. The highest BCUT2D eigenvalue weighted by molar-refractivity contribution is 9.11. The third-order valence-corrected chi connectivity index (χ3v) is 4.20. The number of aromatic nitrogens is 2. The molecule has 0 radical (unpaired) electrons. The van der Waals surface area contributed by atoms with Crippen LogP contribution in [0.4, 0.5) is 0 Å². The lowest BCUT2D eigenvalue weighted by Crippen LogP contribution is -2.25. The van der Waals surface area contributed by atoms with Gasteiger partial charge < -0.3 is 9.47 Å². The SMILES string of the molecule is CN(Cc1nccn1C)C(=O)/C=C\c1csc(Br)c1. The van der Waals surface area contributed by atoms with Crippen molar-refractivity contribution in [3.05, 3.63) is 45.1 Å². The van der Waals surface area contributed by atoms with Gasteiger partial charge in [-0.1, -0.05) is 0 Å². The number of carbonyl (C=O) groups excluding carboxylic acids is 1. The van der Waals surface area contributed by atoms with E-state index < -0.39 is 0 Å². The average molecular weight is 340 g/mol. The van der Waals surface area contributed by atoms with Gasteiger partial charge in [-0.05, 0) is 39.0 Å². The Hall–Kier alpha value is -1.40. The van der Waals surface area contributed by atoms with E-state index in [0.29, 0.717) is 6.54 Å². The quantitative estimate of drug-likeness (QED) is 0.803. The van der Waals surface area contributed by atoms with Crippen LogP contribution in [-0.4, -0.2) is 27.4 Å². The molecule has 19 heavy (non-hydrogen) atoms. The van der Waals surface area contributed by atoms with Crippen LogP contribution in [0.1, 0.15) is 11.4 Å². The van der Waals surface area contributed by atoms with Crippen LogP contribution in [0.25, 0.3) is 6.08 Å². The fourth-order valence-corrected chi connectivity index (χ4v) is 2.69. The van der Waals surface area contributed by atoms with Crippen molar-refractivity contribution in [3.8, 4) is 0 Å². The molecule has 0 N–H and O–H groups in total. The Morgan fingerprint density at radius 1 is 1.63 bits per heavy atom. The Bertz CT molecular complexity index is 603. The molecule has 0 fully saturated rings. The molecule has 2 heterocycles. The maximum Gasteiger partial charge on any atom is 0.246 e. The van der Waals surface area contributed by atoms with Crippen LogP contribution in [0, 0.1) is 0 Å². The molecule has 2 aromatic rings. The molecule has 2 rings (SSSR count). The van der Waals surface area contributed by atoms with Crippen molar-refractivity contribution < 1.29 is 4.79 Å². The molecule has 0 bridgehead atoms. The van der Waals surface area contributed by atoms with Crippen LogP contribution >= 0.6 is 27.3 Å². The third-order valence-electron chi connectivity index (χ3n) is 2.68. The second-order valence-electron chi connectivity index (χ2n) is 4.17. The van der Waals surface area contributed by atoms with Crippen molar-refractivity contribution in [2.45, 2.75) is 6.54 Å². The molecule has 0 unspecified atom stereocenters. The third kappa shape index (κ3) is 3.78. The molecule has 0 aliphatic heterocycles. The van der Waals surface area contributed by atoms with Gasteiger partial charge in [-0.25, -0.2) is 4.98 Å². The molecule has 100 valence electrons. The first kappa shape index (κ1) is 14.0. The van der Waals surface area contributed by atoms with Gasteiger partial charge in [0, 0.05) is 32.6 Å². The molecular weight excluding hydrogens is 326 g/mol. The van der Waals surface area contributed by atoms with E-state index in [1.807, 2.05) is 35.3 Å². The van der Waals surface area contributed by atoms with E-state index in [9.17, 15) is 4.79 Å². The van der Waals surface area contributed by atoms with Gasteiger partial charge in [0.2, 0.25) is 5.91 Å². The van der Waals surface area contributed by atoms with E-state index in [1.54, 1.807) is 35.6 Å². The summed E-state index contributed by atoms with van der Waals surface area (Å²) in [6.07, 6.45) is 6.99. The highest BCUT2D eigenvalue weighted by Gasteiger charge is 2.08. The summed E-state index contributed by atoms with van der Waals surface area (Å²) in [4.78, 5) is 17.8. The second kappa shape index (κ2) is 6.16. The normalized spacial score (nSPS) is 11.1. The fourth-order valence-electron chi connectivity index (χ4n) is 1.54.